The predicted octanol–water partition coefficient (Wildman–Crippen LogP) is 2.98. The molecular weight excluding hydrogens is 351 g/mol. The molecule has 6 nitrogen and oxygen atoms in total. The van der Waals surface area contributed by atoms with Crippen LogP contribution in [-0.4, -0.2) is 22.9 Å². The van der Waals surface area contributed by atoms with E-state index in [1.54, 1.807) is 24.3 Å². The molecule has 0 radical (unpaired) electrons. The number of hydrogen-bond donors (Lipinski definition) is 3. The average Bonchev–Trinajstić information content (AvgIpc) is 3.44. The second-order valence-electron chi connectivity index (χ2n) is 6.60. The lowest BCUT2D eigenvalue weighted by Crippen LogP contribution is -2.29. The van der Waals surface area contributed by atoms with E-state index in [0.717, 1.165) is 5.56 Å². The molecule has 1 fully saturated rings. The molecule has 2 aromatic rings. The fraction of sp³-hybridized carbons (Fsp3) is 0.250. The minimum Gasteiger partial charge on any atom is -0.481 e. The number of amides is 2. The lowest BCUT2D eigenvalue weighted by molar-refractivity contribution is -0.140. The Bertz CT molecular complexity index is 865. The summed E-state index contributed by atoms with van der Waals surface area (Å²) in [5, 5.41) is 14.4. The molecule has 0 aliphatic heterocycles. The topological polar surface area (TPSA) is 95.5 Å². The molecule has 1 aliphatic rings. The van der Waals surface area contributed by atoms with E-state index in [4.69, 9.17) is 5.11 Å². The third-order valence-electron chi connectivity index (χ3n) is 4.58. The maximum atomic E-state index is 12.9. The van der Waals surface area contributed by atoms with Crippen LogP contribution in [0.1, 0.15) is 35.3 Å². The van der Waals surface area contributed by atoms with Crippen molar-refractivity contribution in [1.29, 1.82) is 0 Å². The molecule has 3 rings (SSSR count). The van der Waals surface area contributed by atoms with Crippen LogP contribution in [0.5, 0.6) is 0 Å². The number of rotatable bonds is 6. The Morgan fingerprint density at radius 3 is 2.22 bits per heavy atom. The first-order valence-corrected chi connectivity index (χ1v) is 8.55. The highest BCUT2D eigenvalue weighted by molar-refractivity contribution is 6.04. The Balaban J connectivity index is 1.56. The number of carbonyl (C=O) groups is 3. The summed E-state index contributed by atoms with van der Waals surface area (Å²) < 4.78 is 12.9. The number of anilines is 1. The molecule has 0 spiro atoms. The molecule has 7 heteroatoms. The summed E-state index contributed by atoms with van der Waals surface area (Å²) in [6, 6.07) is 11.9. The van der Waals surface area contributed by atoms with Crippen LogP contribution in [0.2, 0.25) is 0 Å². The number of halogens is 1. The van der Waals surface area contributed by atoms with Gasteiger partial charge in [0.05, 0.1) is 17.9 Å². The van der Waals surface area contributed by atoms with Gasteiger partial charge >= 0.3 is 5.97 Å². The molecule has 3 N–H and O–H groups in total. The fourth-order valence-corrected chi connectivity index (χ4v) is 2.82. The molecule has 2 amide bonds. The Hall–Kier alpha value is -3.22. The SMILES string of the molecule is CC(NC(=O)C1CC1C(=O)O)c1ccc(NC(=O)c2ccc(F)cc2)cc1. The molecule has 27 heavy (non-hydrogen) atoms. The lowest BCUT2D eigenvalue weighted by Gasteiger charge is -2.15. The molecule has 0 bridgehead atoms. The first-order chi connectivity index (χ1) is 12.8. The summed E-state index contributed by atoms with van der Waals surface area (Å²) in [5.74, 6) is -3.00. The van der Waals surface area contributed by atoms with Crippen molar-refractivity contribution in [2.45, 2.75) is 19.4 Å². The van der Waals surface area contributed by atoms with Gasteiger partial charge in [-0.05, 0) is 55.3 Å². The van der Waals surface area contributed by atoms with Crippen molar-refractivity contribution in [3.05, 3.63) is 65.5 Å². The molecule has 3 unspecified atom stereocenters. The molecule has 0 saturated heterocycles. The fourth-order valence-electron chi connectivity index (χ4n) is 2.82. The zero-order valence-corrected chi connectivity index (χ0v) is 14.6. The summed E-state index contributed by atoms with van der Waals surface area (Å²) in [5.41, 5.74) is 1.74. The van der Waals surface area contributed by atoms with E-state index in [1.807, 2.05) is 6.92 Å². The van der Waals surface area contributed by atoms with E-state index in [-0.39, 0.29) is 17.9 Å². The quantitative estimate of drug-likeness (QED) is 0.728. The number of nitrogens with one attached hydrogen (secondary N) is 2. The van der Waals surface area contributed by atoms with Crippen molar-refractivity contribution < 1.29 is 23.9 Å². The third-order valence-corrected chi connectivity index (χ3v) is 4.58. The summed E-state index contributed by atoms with van der Waals surface area (Å²) in [6.07, 6.45) is 0.377. The van der Waals surface area contributed by atoms with Crippen LogP contribution < -0.4 is 10.6 Å². The summed E-state index contributed by atoms with van der Waals surface area (Å²) in [7, 11) is 0. The highest BCUT2D eigenvalue weighted by Gasteiger charge is 2.48. The Labute approximate surface area is 155 Å². The standard InChI is InChI=1S/C20H19FN2O4/c1-11(22-19(25)16-10-17(16)20(26)27)12-4-8-15(9-5-12)23-18(24)13-2-6-14(21)7-3-13/h2-9,11,16-17H,10H2,1H3,(H,22,25)(H,23,24)(H,26,27). The van der Waals surface area contributed by atoms with Crippen molar-refractivity contribution in [1.82, 2.24) is 5.32 Å². The van der Waals surface area contributed by atoms with Gasteiger partial charge in [-0.3, -0.25) is 14.4 Å². The zero-order valence-electron chi connectivity index (χ0n) is 14.6. The van der Waals surface area contributed by atoms with E-state index in [2.05, 4.69) is 10.6 Å². The Morgan fingerprint density at radius 2 is 1.67 bits per heavy atom. The number of aliphatic carboxylic acids is 1. The summed E-state index contributed by atoms with van der Waals surface area (Å²) in [4.78, 5) is 35.0. The van der Waals surface area contributed by atoms with Crippen LogP contribution in [0, 0.1) is 17.7 Å². The van der Waals surface area contributed by atoms with Crippen LogP contribution in [0.15, 0.2) is 48.5 Å². The van der Waals surface area contributed by atoms with Gasteiger partial charge < -0.3 is 15.7 Å². The van der Waals surface area contributed by atoms with Crippen LogP contribution in [0.3, 0.4) is 0 Å². The largest absolute Gasteiger partial charge is 0.481 e. The average molecular weight is 370 g/mol. The van der Waals surface area contributed by atoms with Crippen molar-refractivity contribution in [3.63, 3.8) is 0 Å². The van der Waals surface area contributed by atoms with Crippen LogP contribution in [0.25, 0.3) is 0 Å². The molecule has 3 atom stereocenters. The number of hydrogen-bond acceptors (Lipinski definition) is 3. The van der Waals surface area contributed by atoms with Gasteiger partial charge in [0.25, 0.3) is 5.91 Å². The van der Waals surface area contributed by atoms with Gasteiger partial charge in [-0.15, -0.1) is 0 Å². The first kappa shape index (κ1) is 18.6. The highest BCUT2D eigenvalue weighted by atomic mass is 19.1. The van der Waals surface area contributed by atoms with E-state index < -0.39 is 23.6 Å². The number of carbonyl (C=O) groups excluding carboxylic acids is 2. The minimum atomic E-state index is -0.941. The molecule has 140 valence electrons. The van der Waals surface area contributed by atoms with Gasteiger partial charge in [0.15, 0.2) is 0 Å². The molecule has 0 heterocycles. The number of carboxylic acids is 1. The maximum absolute atomic E-state index is 12.9. The van der Waals surface area contributed by atoms with Crippen molar-refractivity contribution in [2.24, 2.45) is 11.8 Å². The predicted molar refractivity (Wildman–Crippen MR) is 96.6 cm³/mol. The molecule has 1 aliphatic carbocycles. The van der Waals surface area contributed by atoms with E-state index in [0.29, 0.717) is 17.7 Å². The normalized spacial score (nSPS) is 19.0. The molecule has 0 aromatic heterocycles. The van der Waals surface area contributed by atoms with Gasteiger partial charge in [0, 0.05) is 11.3 Å². The van der Waals surface area contributed by atoms with Crippen LogP contribution >= 0.6 is 0 Å². The van der Waals surface area contributed by atoms with Gasteiger partial charge in [0.1, 0.15) is 5.82 Å². The minimum absolute atomic E-state index is 0.261. The van der Waals surface area contributed by atoms with Crippen molar-refractivity contribution in [2.75, 3.05) is 5.32 Å². The smallest absolute Gasteiger partial charge is 0.307 e. The van der Waals surface area contributed by atoms with Gasteiger partial charge in [-0.1, -0.05) is 12.1 Å². The summed E-state index contributed by atoms with van der Waals surface area (Å²) >= 11 is 0. The monoisotopic (exact) mass is 370 g/mol. The summed E-state index contributed by atoms with van der Waals surface area (Å²) in [6.45, 7) is 1.81. The van der Waals surface area contributed by atoms with Crippen molar-refractivity contribution >= 4 is 23.5 Å². The second-order valence-corrected chi connectivity index (χ2v) is 6.60. The van der Waals surface area contributed by atoms with Crippen molar-refractivity contribution in [3.8, 4) is 0 Å². The van der Waals surface area contributed by atoms with Crippen LogP contribution in [0.4, 0.5) is 10.1 Å². The van der Waals surface area contributed by atoms with E-state index in [1.165, 1.54) is 24.3 Å². The maximum Gasteiger partial charge on any atom is 0.307 e. The highest BCUT2D eigenvalue weighted by Crippen LogP contribution is 2.39. The van der Waals surface area contributed by atoms with Gasteiger partial charge in [-0.25, -0.2) is 4.39 Å². The first-order valence-electron chi connectivity index (χ1n) is 8.55. The Morgan fingerprint density at radius 1 is 1.04 bits per heavy atom. The van der Waals surface area contributed by atoms with Gasteiger partial charge in [-0.2, -0.15) is 0 Å². The number of carboxylic acid groups (broad SMARTS) is 1. The van der Waals surface area contributed by atoms with E-state index >= 15 is 0 Å². The number of benzene rings is 2. The second kappa shape index (κ2) is 7.57. The van der Waals surface area contributed by atoms with E-state index in [9.17, 15) is 18.8 Å². The molecule has 2 aromatic carbocycles. The molecule has 1 saturated carbocycles. The third kappa shape index (κ3) is 4.49. The molecular formula is C20H19FN2O4. The van der Waals surface area contributed by atoms with Gasteiger partial charge in [0.2, 0.25) is 5.91 Å². The lowest BCUT2D eigenvalue weighted by atomic mass is 10.1. The Kier molecular flexibility index (Phi) is 5.21. The zero-order chi connectivity index (χ0) is 19.6. The van der Waals surface area contributed by atoms with Crippen LogP contribution in [-0.2, 0) is 9.59 Å².